The number of carbonyl (C=O) groups is 2. The fourth-order valence-corrected chi connectivity index (χ4v) is 3.49. The van der Waals surface area contributed by atoms with Crippen LogP contribution in [-0.2, 0) is 6.18 Å². The third kappa shape index (κ3) is 4.65. The Hall–Kier alpha value is -2.42. The molecule has 27 heavy (non-hydrogen) atoms. The number of hydrogen-bond donors (Lipinski definition) is 1. The number of nitrogens with zero attached hydrogens (tertiary/aromatic N) is 2. The van der Waals surface area contributed by atoms with Gasteiger partial charge in [-0.25, -0.2) is 4.98 Å². The lowest BCUT2D eigenvalue weighted by molar-refractivity contribution is -0.137. The van der Waals surface area contributed by atoms with Gasteiger partial charge in [-0.05, 0) is 37.0 Å². The van der Waals surface area contributed by atoms with Crippen LogP contribution in [-0.4, -0.2) is 34.8 Å². The summed E-state index contributed by atoms with van der Waals surface area (Å²) in [7, 11) is 0. The van der Waals surface area contributed by atoms with Crippen LogP contribution in [0.1, 0.15) is 46.2 Å². The number of aromatic nitrogens is 1. The molecule has 1 aromatic heterocycles. The number of rotatable bonds is 3. The molecule has 1 aromatic carbocycles. The molecule has 1 aliphatic rings. The van der Waals surface area contributed by atoms with E-state index in [2.05, 4.69) is 17.2 Å². The second kappa shape index (κ2) is 7.67. The first-order valence-electron chi connectivity index (χ1n) is 8.47. The molecule has 0 atom stereocenters. The number of likely N-dealkylation sites (tertiary alicyclic amines) is 1. The predicted molar refractivity (Wildman–Crippen MR) is 95.8 cm³/mol. The van der Waals surface area contributed by atoms with E-state index >= 15 is 0 Å². The van der Waals surface area contributed by atoms with Crippen LogP contribution >= 0.6 is 11.3 Å². The second-order valence-corrected chi connectivity index (χ2v) is 7.40. The number of anilines is 1. The first-order valence-corrected chi connectivity index (χ1v) is 9.35. The third-order valence-corrected chi connectivity index (χ3v) is 5.22. The number of piperidine rings is 1. The lowest BCUT2D eigenvalue weighted by Gasteiger charge is -2.29. The highest BCUT2D eigenvalue weighted by Gasteiger charge is 2.31. The molecule has 1 aliphatic heterocycles. The molecule has 144 valence electrons. The van der Waals surface area contributed by atoms with Crippen molar-refractivity contribution in [2.75, 3.05) is 18.4 Å². The Bertz CT molecular complexity index is 842. The Labute approximate surface area is 158 Å². The number of alkyl halides is 3. The van der Waals surface area contributed by atoms with Gasteiger partial charge in [-0.15, -0.1) is 11.3 Å². The molecule has 0 saturated carbocycles. The van der Waals surface area contributed by atoms with Crippen molar-refractivity contribution in [3.8, 4) is 0 Å². The maximum atomic E-state index is 12.8. The third-order valence-electron chi connectivity index (χ3n) is 4.47. The van der Waals surface area contributed by atoms with Crippen molar-refractivity contribution in [3.63, 3.8) is 0 Å². The Morgan fingerprint density at radius 2 is 1.96 bits per heavy atom. The number of amides is 2. The van der Waals surface area contributed by atoms with Gasteiger partial charge in [-0.2, -0.15) is 13.2 Å². The minimum atomic E-state index is -4.52. The Morgan fingerprint density at radius 3 is 2.63 bits per heavy atom. The molecule has 2 aromatic rings. The SMILES string of the molecule is CC1CCN(C(=O)c2csc(NC(=O)c3cccc(C(F)(F)F)c3)n2)CC1. The molecule has 1 saturated heterocycles. The number of benzene rings is 1. The molecular weight excluding hydrogens is 379 g/mol. The van der Waals surface area contributed by atoms with Crippen LogP contribution in [0, 0.1) is 5.92 Å². The van der Waals surface area contributed by atoms with E-state index in [-0.39, 0.29) is 22.3 Å². The van der Waals surface area contributed by atoms with E-state index in [1.165, 1.54) is 12.1 Å². The first-order chi connectivity index (χ1) is 12.7. The second-order valence-electron chi connectivity index (χ2n) is 6.55. The summed E-state index contributed by atoms with van der Waals surface area (Å²) in [5, 5.41) is 4.17. The fourth-order valence-electron chi connectivity index (χ4n) is 2.81. The van der Waals surface area contributed by atoms with Crippen LogP contribution in [0.4, 0.5) is 18.3 Å². The topological polar surface area (TPSA) is 62.3 Å². The summed E-state index contributed by atoms with van der Waals surface area (Å²) in [6.07, 6.45) is -2.65. The summed E-state index contributed by atoms with van der Waals surface area (Å²) in [5.41, 5.74) is -0.795. The predicted octanol–water partition coefficient (Wildman–Crippen LogP) is 4.29. The van der Waals surface area contributed by atoms with Crippen molar-refractivity contribution >= 4 is 28.3 Å². The molecule has 0 bridgehead atoms. The van der Waals surface area contributed by atoms with Gasteiger partial charge in [-0.1, -0.05) is 13.0 Å². The van der Waals surface area contributed by atoms with Crippen molar-refractivity contribution in [1.29, 1.82) is 0 Å². The first kappa shape index (κ1) is 19.3. The van der Waals surface area contributed by atoms with Crippen molar-refractivity contribution in [2.24, 2.45) is 5.92 Å². The van der Waals surface area contributed by atoms with Crippen LogP contribution in [0.15, 0.2) is 29.6 Å². The van der Waals surface area contributed by atoms with Gasteiger partial charge >= 0.3 is 6.18 Å². The highest BCUT2D eigenvalue weighted by Crippen LogP contribution is 2.30. The lowest BCUT2D eigenvalue weighted by atomic mass is 9.99. The minimum Gasteiger partial charge on any atom is -0.337 e. The zero-order valence-electron chi connectivity index (χ0n) is 14.5. The van der Waals surface area contributed by atoms with Crippen molar-refractivity contribution in [1.82, 2.24) is 9.88 Å². The van der Waals surface area contributed by atoms with Crippen LogP contribution < -0.4 is 5.32 Å². The average Bonchev–Trinajstić information content (AvgIpc) is 3.09. The standard InChI is InChI=1S/C18H18F3N3O2S/c1-11-5-7-24(8-6-11)16(26)14-10-27-17(22-14)23-15(25)12-3-2-4-13(9-12)18(19,20)21/h2-4,9-11H,5-8H2,1H3,(H,22,23,25). The lowest BCUT2D eigenvalue weighted by Crippen LogP contribution is -2.38. The zero-order valence-corrected chi connectivity index (χ0v) is 15.4. The van der Waals surface area contributed by atoms with Crippen LogP contribution in [0.5, 0.6) is 0 Å². The van der Waals surface area contributed by atoms with Gasteiger partial charge in [0.05, 0.1) is 5.56 Å². The van der Waals surface area contributed by atoms with E-state index in [0.717, 1.165) is 36.3 Å². The highest BCUT2D eigenvalue weighted by atomic mass is 32.1. The van der Waals surface area contributed by atoms with Gasteiger partial charge in [-0.3, -0.25) is 14.9 Å². The molecule has 1 fully saturated rings. The smallest absolute Gasteiger partial charge is 0.337 e. The van der Waals surface area contributed by atoms with E-state index in [0.29, 0.717) is 19.0 Å². The van der Waals surface area contributed by atoms with E-state index in [1.807, 2.05) is 0 Å². The summed E-state index contributed by atoms with van der Waals surface area (Å²) in [6.45, 7) is 3.49. The largest absolute Gasteiger partial charge is 0.416 e. The molecule has 0 aliphatic carbocycles. The summed E-state index contributed by atoms with van der Waals surface area (Å²) < 4.78 is 38.3. The summed E-state index contributed by atoms with van der Waals surface area (Å²) in [6, 6.07) is 4.14. The highest BCUT2D eigenvalue weighted by molar-refractivity contribution is 7.14. The summed E-state index contributed by atoms with van der Waals surface area (Å²) in [4.78, 5) is 30.5. The van der Waals surface area contributed by atoms with Crippen LogP contribution in [0.25, 0.3) is 0 Å². The van der Waals surface area contributed by atoms with Gasteiger partial charge in [0.1, 0.15) is 5.69 Å². The number of thiazole rings is 1. The van der Waals surface area contributed by atoms with Crippen molar-refractivity contribution < 1.29 is 22.8 Å². The molecule has 0 spiro atoms. The Morgan fingerprint density at radius 1 is 1.26 bits per heavy atom. The molecule has 2 heterocycles. The molecule has 5 nitrogen and oxygen atoms in total. The van der Waals surface area contributed by atoms with Gasteiger partial charge in [0.2, 0.25) is 0 Å². The summed E-state index contributed by atoms with van der Waals surface area (Å²) in [5.74, 6) is -0.314. The molecule has 9 heteroatoms. The maximum absolute atomic E-state index is 12.8. The Kier molecular flexibility index (Phi) is 5.50. The Balaban J connectivity index is 1.67. The molecule has 0 unspecified atom stereocenters. The van der Waals surface area contributed by atoms with Crippen LogP contribution in [0.2, 0.25) is 0 Å². The molecule has 1 N–H and O–H groups in total. The monoisotopic (exact) mass is 397 g/mol. The molecule has 0 radical (unpaired) electrons. The number of halogens is 3. The molecule has 2 amide bonds. The summed E-state index contributed by atoms with van der Waals surface area (Å²) >= 11 is 1.06. The maximum Gasteiger partial charge on any atom is 0.416 e. The average molecular weight is 397 g/mol. The van der Waals surface area contributed by atoms with Gasteiger partial charge < -0.3 is 4.90 Å². The normalized spacial score (nSPS) is 15.6. The fraction of sp³-hybridized carbons (Fsp3) is 0.389. The molecule has 3 rings (SSSR count). The van der Waals surface area contributed by atoms with Gasteiger partial charge in [0.25, 0.3) is 11.8 Å². The van der Waals surface area contributed by atoms with Gasteiger partial charge in [0, 0.05) is 24.0 Å². The van der Waals surface area contributed by atoms with Gasteiger partial charge in [0.15, 0.2) is 5.13 Å². The quantitative estimate of drug-likeness (QED) is 0.841. The minimum absolute atomic E-state index is 0.127. The number of carbonyl (C=O) groups excluding carboxylic acids is 2. The van der Waals surface area contributed by atoms with E-state index in [9.17, 15) is 22.8 Å². The number of hydrogen-bond acceptors (Lipinski definition) is 4. The van der Waals surface area contributed by atoms with Crippen molar-refractivity contribution in [2.45, 2.75) is 25.9 Å². The van der Waals surface area contributed by atoms with Crippen LogP contribution in [0.3, 0.4) is 0 Å². The van der Waals surface area contributed by atoms with Crippen molar-refractivity contribution in [3.05, 3.63) is 46.5 Å². The van der Waals surface area contributed by atoms with E-state index < -0.39 is 17.6 Å². The van der Waals surface area contributed by atoms with E-state index in [1.54, 1.807) is 10.3 Å². The zero-order chi connectivity index (χ0) is 19.6. The van der Waals surface area contributed by atoms with E-state index in [4.69, 9.17) is 0 Å². The number of nitrogens with one attached hydrogen (secondary N) is 1. The molecular formula is C18H18F3N3O2S.